The van der Waals surface area contributed by atoms with Crippen LogP contribution in [0.2, 0.25) is 0 Å². The minimum atomic E-state index is 0.561. The maximum atomic E-state index is 8.85. The van der Waals surface area contributed by atoms with E-state index in [1.165, 1.54) is 32.1 Å². The molecule has 1 saturated carbocycles. The molecule has 0 radical (unpaired) electrons. The van der Waals surface area contributed by atoms with Crippen LogP contribution in [0.25, 0.3) is 0 Å². The van der Waals surface area contributed by atoms with Crippen LogP contribution in [0.1, 0.15) is 37.7 Å². The Morgan fingerprint density at radius 1 is 1.29 bits per heavy atom. The Balaban J connectivity index is 2.16. The van der Waals surface area contributed by atoms with E-state index in [9.17, 15) is 0 Å². The van der Waals surface area contributed by atoms with Gasteiger partial charge in [-0.2, -0.15) is 5.26 Å². The molecule has 90 valence electrons. The van der Waals surface area contributed by atoms with Crippen molar-refractivity contribution in [2.24, 2.45) is 0 Å². The second-order valence-electron chi connectivity index (χ2n) is 4.79. The summed E-state index contributed by atoms with van der Waals surface area (Å²) < 4.78 is 0. The summed E-state index contributed by atoms with van der Waals surface area (Å²) in [6.45, 7) is 0. The Morgan fingerprint density at radius 2 is 2.00 bits per heavy atom. The average Bonchev–Trinajstić information content (AvgIpc) is 2.39. The Bertz CT molecular complexity index is 428. The number of anilines is 2. The topological polar surface area (TPSA) is 53.0 Å². The summed E-state index contributed by atoms with van der Waals surface area (Å²) in [6.07, 6.45) is 6.52. The number of nitrogens with zero attached hydrogens (tertiary/aromatic N) is 2. The van der Waals surface area contributed by atoms with Crippen LogP contribution in [-0.2, 0) is 0 Å². The third-order valence-electron chi connectivity index (χ3n) is 3.69. The van der Waals surface area contributed by atoms with Crippen molar-refractivity contribution in [2.75, 3.05) is 17.7 Å². The standard InChI is InChI=1S/C14H19N3/c1-17(12-5-3-2-4-6-12)13-8-7-11(10-15)14(16)9-13/h7-9,12H,2-6,16H2,1H3. The normalized spacial score (nSPS) is 16.5. The van der Waals surface area contributed by atoms with Crippen molar-refractivity contribution >= 4 is 11.4 Å². The quantitative estimate of drug-likeness (QED) is 0.793. The second kappa shape index (κ2) is 5.09. The highest BCUT2D eigenvalue weighted by molar-refractivity contribution is 5.63. The number of hydrogen-bond donors (Lipinski definition) is 1. The number of nitriles is 1. The first-order valence-electron chi connectivity index (χ1n) is 6.25. The number of nitrogen functional groups attached to an aromatic ring is 1. The van der Waals surface area contributed by atoms with Crippen LogP contribution in [0.4, 0.5) is 11.4 Å². The lowest BCUT2D eigenvalue weighted by molar-refractivity contribution is 0.427. The molecule has 0 atom stereocenters. The van der Waals surface area contributed by atoms with Crippen LogP contribution < -0.4 is 10.6 Å². The van der Waals surface area contributed by atoms with E-state index >= 15 is 0 Å². The van der Waals surface area contributed by atoms with Gasteiger partial charge in [-0.05, 0) is 31.0 Å². The second-order valence-corrected chi connectivity index (χ2v) is 4.79. The molecule has 0 aromatic heterocycles. The summed E-state index contributed by atoms with van der Waals surface area (Å²) in [5.41, 5.74) is 8.11. The molecule has 0 saturated heterocycles. The van der Waals surface area contributed by atoms with Crippen molar-refractivity contribution in [2.45, 2.75) is 38.1 Å². The van der Waals surface area contributed by atoms with Gasteiger partial charge >= 0.3 is 0 Å². The van der Waals surface area contributed by atoms with Gasteiger partial charge in [-0.15, -0.1) is 0 Å². The van der Waals surface area contributed by atoms with Gasteiger partial charge in [-0.3, -0.25) is 0 Å². The molecule has 0 bridgehead atoms. The Hall–Kier alpha value is -1.69. The van der Waals surface area contributed by atoms with Crippen molar-refractivity contribution in [1.29, 1.82) is 5.26 Å². The lowest BCUT2D eigenvalue weighted by Crippen LogP contribution is -2.33. The maximum absolute atomic E-state index is 8.85. The number of benzene rings is 1. The van der Waals surface area contributed by atoms with Gasteiger partial charge < -0.3 is 10.6 Å². The van der Waals surface area contributed by atoms with Gasteiger partial charge in [0.2, 0.25) is 0 Å². The van der Waals surface area contributed by atoms with E-state index in [2.05, 4.69) is 18.0 Å². The molecule has 0 spiro atoms. The van der Waals surface area contributed by atoms with E-state index in [-0.39, 0.29) is 0 Å². The fraction of sp³-hybridized carbons (Fsp3) is 0.500. The highest BCUT2D eigenvalue weighted by atomic mass is 15.1. The highest BCUT2D eigenvalue weighted by Gasteiger charge is 2.18. The fourth-order valence-corrected chi connectivity index (χ4v) is 2.55. The molecule has 0 heterocycles. The smallest absolute Gasteiger partial charge is 0.101 e. The largest absolute Gasteiger partial charge is 0.398 e. The molecular formula is C14H19N3. The van der Waals surface area contributed by atoms with Gasteiger partial charge in [0, 0.05) is 18.8 Å². The highest BCUT2D eigenvalue weighted by Crippen LogP contribution is 2.27. The van der Waals surface area contributed by atoms with Crippen molar-refractivity contribution in [3.63, 3.8) is 0 Å². The fourth-order valence-electron chi connectivity index (χ4n) is 2.55. The molecule has 0 aliphatic heterocycles. The van der Waals surface area contributed by atoms with Crippen LogP contribution in [0.3, 0.4) is 0 Å². The zero-order valence-corrected chi connectivity index (χ0v) is 10.3. The first-order chi connectivity index (χ1) is 8.22. The Labute approximate surface area is 103 Å². The molecule has 3 nitrogen and oxygen atoms in total. The van der Waals surface area contributed by atoms with Crippen molar-refractivity contribution in [3.05, 3.63) is 23.8 Å². The van der Waals surface area contributed by atoms with Gasteiger partial charge in [0.1, 0.15) is 6.07 Å². The van der Waals surface area contributed by atoms with Crippen LogP contribution in [0, 0.1) is 11.3 Å². The molecule has 1 aliphatic rings. The molecule has 0 unspecified atom stereocenters. The summed E-state index contributed by atoms with van der Waals surface area (Å²) in [4.78, 5) is 2.30. The summed E-state index contributed by atoms with van der Waals surface area (Å²) in [7, 11) is 2.12. The van der Waals surface area contributed by atoms with Gasteiger partial charge in [-0.1, -0.05) is 19.3 Å². The molecule has 1 aromatic rings. The van der Waals surface area contributed by atoms with Crippen molar-refractivity contribution in [1.82, 2.24) is 0 Å². The summed E-state index contributed by atoms with van der Waals surface area (Å²) in [6, 6.07) is 8.43. The van der Waals surface area contributed by atoms with Gasteiger partial charge in [0.25, 0.3) is 0 Å². The minimum absolute atomic E-state index is 0.561. The molecule has 17 heavy (non-hydrogen) atoms. The molecular weight excluding hydrogens is 210 g/mol. The number of nitrogens with two attached hydrogens (primary N) is 1. The van der Waals surface area contributed by atoms with Gasteiger partial charge in [-0.25, -0.2) is 0 Å². The van der Waals surface area contributed by atoms with Crippen molar-refractivity contribution < 1.29 is 0 Å². The molecule has 1 fully saturated rings. The first kappa shape index (κ1) is 11.8. The van der Waals surface area contributed by atoms with Crippen LogP contribution in [0.15, 0.2) is 18.2 Å². The van der Waals surface area contributed by atoms with Crippen LogP contribution in [0.5, 0.6) is 0 Å². The van der Waals surface area contributed by atoms with Crippen LogP contribution in [-0.4, -0.2) is 13.1 Å². The Kier molecular flexibility index (Phi) is 3.53. The summed E-state index contributed by atoms with van der Waals surface area (Å²) in [5.74, 6) is 0. The van der Waals surface area contributed by atoms with Gasteiger partial charge in [0.15, 0.2) is 0 Å². The zero-order valence-electron chi connectivity index (χ0n) is 10.3. The van der Waals surface area contributed by atoms with E-state index in [0.29, 0.717) is 17.3 Å². The third-order valence-corrected chi connectivity index (χ3v) is 3.69. The third kappa shape index (κ3) is 2.52. The summed E-state index contributed by atoms with van der Waals surface area (Å²) in [5, 5.41) is 8.85. The molecule has 1 aliphatic carbocycles. The van der Waals surface area contributed by atoms with Crippen LogP contribution >= 0.6 is 0 Å². The predicted molar refractivity (Wildman–Crippen MR) is 70.8 cm³/mol. The minimum Gasteiger partial charge on any atom is -0.398 e. The molecule has 0 amide bonds. The number of hydrogen-bond acceptors (Lipinski definition) is 3. The maximum Gasteiger partial charge on any atom is 0.101 e. The van der Waals surface area contributed by atoms with E-state index < -0.39 is 0 Å². The van der Waals surface area contributed by atoms with E-state index in [1.807, 2.05) is 18.2 Å². The molecule has 3 heteroatoms. The van der Waals surface area contributed by atoms with Gasteiger partial charge in [0.05, 0.1) is 11.3 Å². The average molecular weight is 229 g/mol. The first-order valence-corrected chi connectivity index (χ1v) is 6.25. The zero-order chi connectivity index (χ0) is 12.3. The molecule has 1 aromatic carbocycles. The van der Waals surface area contributed by atoms with Crippen molar-refractivity contribution in [3.8, 4) is 6.07 Å². The number of rotatable bonds is 2. The molecule has 2 N–H and O–H groups in total. The van der Waals surface area contributed by atoms with E-state index in [0.717, 1.165) is 5.69 Å². The van der Waals surface area contributed by atoms with E-state index in [4.69, 9.17) is 11.0 Å². The SMILES string of the molecule is CN(c1ccc(C#N)c(N)c1)C1CCCCC1. The Morgan fingerprint density at radius 3 is 2.59 bits per heavy atom. The monoisotopic (exact) mass is 229 g/mol. The van der Waals surface area contributed by atoms with E-state index in [1.54, 1.807) is 0 Å². The molecule has 2 rings (SSSR count). The lowest BCUT2D eigenvalue weighted by Gasteiger charge is -2.33. The predicted octanol–water partition coefficient (Wildman–Crippen LogP) is 2.91. The summed E-state index contributed by atoms with van der Waals surface area (Å²) >= 11 is 0. The lowest BCUT2D eigenvalue weighted by atomic mass is 9.94.